The molecular formula is C10H11N5O2S. The fourth-order valence-corrected chi connectivity index (χ4v) is 2.20. The van der Waals surface area contributed by atoms with Crippen LogP contribution in [0, 0.1) is 0 Å². The largest absolute Gasteiger partial charge is 0.344 e. The second-order valence-electron chi connectivity index (χ2n) is 3.79. The van der Waals surface area contributed by atoms with Crippen molar-refractivity contribution < 1.29 is 4.79 Å². The van der Waals surface area contributed by atoms with E-state index in [1.54, 1.807) is 0 Å². The molecule has 0 radical (unpaired) electrons. The number of carbonyl (C=O) groups excluding carboxylic acids is 1. The van der Waals surface area contributed by atoms with E-state index >= 15 is 0 Å². The van der Waals surface area contributed by atoms with E-state index < -0.39 is 0 Å². The van der Waals surface area contributed by atoms with E-state index in [4.69, 9.17) is 0 Å². The molecule has 0 unspecified atom stereocenters. The zero-order valence-electron chi connectivity index (χ0n) is 9.82. The molecule has 2 aromatic rings. The van der Waals surface area contributed by atoms with Crippen molar-refractivity contribution in [2.75, 3.05) is 0 Å². The second kappa shape index (κ2) is 5.13. The molecule has 0 aliphatic carbocycles. The maximum atomic E-state index is 11.5. The van der Waals surface area contributed by atoms with E-state index in [0.717, 1.165) is 0 Å². The number of hydrogen-bond donors (Lipinski definition) is 1. The highest BCUT2D eigenvalue weighted by atomic mass is 32.2. The second-order valence-corrected chi connectivity index (χ2v) is 4.73. The predicted molar refractivity (Wildman–Crippen MR) is 64.8 cm³/mol. The standard InChI is InChI=1S/C10H11N5O2S/c1-6(2)15-9(17)13-14-10(15)18-8-11-3-7(5-16)4-12-8/h3-6H,1-2H3,(H,13,17). The number of rotatable bonds is 4. The van der Waals surface area contributed by atoms with Crippen LogP contribution in [-0.4, -0.2) is 31.0 Å². The summed E-state index contributed by atoms with van der Waals surface area (Å²) in [7, 11) is 0. The van der Waals surface area contributed by atoms with Crippen LogP contribution in [0.5, 0.6) is 0 Å². The molecule has 8 heteroatoms. The van der Waals surface area contributed by atoms with Gasteiger partial charge in [-0.2, -0.15) is 0 Å². The molecular weight excluding hydrogens is 254 g/mol. The number of aromatic nitrogens is 5. The van der Waals surface area contributed by atoms with Crippen molar-refractivity contribution in [3.63, 3.8) is 0 Å². The van der Waals surface area contributed by atoms with Crippen molar-refractivity contribution in [3.05, 3.63) is 28.4 Å². The Kier molecular flexibility index (Phi) is 3.56. The van der Waals surface area contributed by atoms with E-state index in [1.165, 1.54) is 28.7 Å². The zero-order chi connectivity index (χ0) is 13.1. The van der Waals surface area contributed by atoms with Gasteiger partial charge in [0.15, 0.2) is 16.6 Å². The summed E-state index contributed by atoms with van der Waals surface area (Å²) in [4.78, 5) is 30.0. The van der Waals surface area contributed by atoms with Crippen LogP contribution in [0.4, 0.5) is 0 Å². The van der Waals surface area contributed by atoms with E-state index in [-0.39, 0.29) is 11.7 Å². The molecule has 0 spiro atoms. The topological polar surface area (TPSA) is 93.5 Å². The number of hydrogen-bond acceptors (Lipinski definition) is 6. The molecule has 0 bridgehead atoms. The molecule has 0 aliphatic heterocycles. The molecule has 0 aromatic carbocycles. The predicted octanol–water partition coefficient (Wildman–Crippen LogP) is 0.906. The van der Waals surface area contributed by atoms with Gasteiger partial charge in [-0.05, 0) is 25.6 Å². The average Bonchev–Trinajstić information content (AvgIpc) is 2.71. The molecule has 1 N–H and O–H groups in total. The average molecular weight is 265 g/mol. The molecule has 0 amide bonds. The van der Waals surface area contributed by atoms with Crippen molar-refractivity contribution in [1.29, 1.82) is 0 Å². The van der Waals surface area contributed by atoms with Crippen LogP contribution in [0.15, 0.2) is 27.5 Å². The molecule has 0 saturated heterocycles. The van der Waals surface area contributed by atoms with Crippen LogP contribution in [-0.2, 0) is 0 Å². The molecule has 0 aliphatic rings. The highest BCUT2D eigenvalue weighted by Crippen LogP contribution is 2.22. The van der Waals surface area contributed by atoms with Gasteiger partial charge in [0.2, 0.25) is 0 Å². The Morgan fingerprint density at radius 3 is 2.61 bits per heavy atom. The summed E-state index contributed by atoms with van der Waals surface area (Å²) in [6, 6.07) is -0.00648. The number of nitrogens with one attached hydrogen (secondary N) is 1. The minimum atomic E-state index is -0.267. The molecule has 2 rings (SSSR count). The van der Waals surface area contributed by atoms with Crippen LogP contribution >= 0.6 is 11.8 Å². The lowest BCUT2D eigenvalue weighted by Crippen LogP contribution is -2.19. The first-order chi connectivity index (χ1) is 8.61. The Labute approximate surface area is 107 Å². The van der Waals surface area contributed by atoms with Gasteiger partial charge < -0.3 is 0 Å². The van der Waals surface area contributed by atoms with E-state index in [1.807, 2.05) is 13.8 Å². The number of nitrogens with zero attached hydrogens (tertiary/aromatic N) is 4. The Morgan fingerprint density at radius 2 is 2.06 bits per heavy atom. The first-order valence-electron chi connectivity index (χ1n) is 5.24. The lowest BCUT2D eigenvalue weighted by molar-refractivity contribution is 0.112. The van der Waals surface area contributed by atoms with Gasteiger partial charge in [-0.15, -0.1) is 5.10 Å². The van der Waals surface area contributed by atoms with E-state index in [0.29, 0.717) is 22.2 Å². The lowest BCUT2D eigenvalue weighted by Gasteiger charge is -2.07. The van der Waals surface area contributed by atoms with Gasteiger partial charge in [0, 0.05) is 18.4 Å². The highest BCUT2D eigenvalue weighted by Gasteiger charge is 2.13. The molecule has 7 nitrogen and oxygen atoms in total. The van der Waals surface area contributed by atoms with Gasteiger partial charge in [-0.1, -0.05) is 0 Å². The molecule has 2 aromatic heterocycles. The Bertz CT molecular complexity index is 601. The fourth-order valence-electron chi connectivity index (χ4n) is 1.34. The van der Waals surface area contributed by atoms with Crippen molar-refractivity contribution >= 4 is 18.0 Å². The Balaban J connectivity index is 2.28. The summed E-state index contributed by atoms with van der Waals surface area (Å²) in [5, 5.41) is 7.23. The number of aromatic amines is 1. The molecule has 0 atom stereocenters. The van der Waals surface area contributed by atoms with Gasteiger partial charge in [-0.3, -0.25) is 9.36 Å². The monoisotopic (exact) mass is 265 g/mol. The summed E-state index contributed by atoms with van der Waals surface area (Å²) in [6.07, 6.45) is 3.52. The molecule has 0 fully saturated rings. The van der Waals surface area contributed by atoms with E-state index in [9.17, 15) is 9.59 Å². The fraction of sp³-hybridized carbons (Fsp3) is 0.300. The third-order valence-corrected chi connectivity index (χ3v) is 3.02. The SMILES string of the molecule is CC(C)n1c(Sc2ncc(C=O)cn2)n[nH]c1=O. The first-order valence-corrected chi connectivity index (χ1v) is 6.05. The van der Waals surface area contributed by atoms with Crippen molar-refractivity contribution in [3.8, 4) is 0 Å². The van der Waals surface area contributed by atoms with Gasteiger partial charge in [0.05, 0.1) is 5.56 Å². The van der Waals surface area contributed by atoms with Crippen LogP contribution in [0.2, 0.25) is 0 Å². The number of H-pyrrole nitrogens is 1. The third kappa shape index (κ3) is 2.48. The van der Waals surface area contributed by atoms with Crippen LogP contribution in [0.3, 0.4) is 0 Å². The van der Waals surface area contributed by atoms with Gasteiger partial charge in [0.25, 0.3) is 0 Å². The molecule has 18 heavy (non-hydrogen) atoms. The summed E-state index contributed by atoms with van der Waals surface area (Å²) in [5.41, 5.74) is 0.139. The van der Waals surface area contributed by atoms with Gasteiger partial charge in [-0.25, -0.2) is 19.9 Å². The van der Waals surface area contributed by atoms with Gasteiger partial charge in [0.1, 0.15) is 0 Å². The Morgan fingerprint density at radius 1 is 1.39 bits per heavy atom. The first kappa shape index (κ1) is 12.5. The van der Waals surface area contributed by atoms with E-state index in [2.05, 4.69) is 20.2 Å². The van der Waals surface area contributed by atoms with Crippen molar-refractivity contribution in [1.82, 2.24) is 24.7 Å². The van der Waals surface area contributed by atoms with Crippen LogP contribution in [0.1, 0.15) is 30.2 Å². The summed E-state index contributed by atoms with van der Waals surface area (Å²) < 4.78 is 1.52. The van der Waals surface area contributed by atoms with Crippen molar-refractivity contribution in [2.45, 2.75) is 30.2 Å². The minimum absolute atomic E-state index is 0.00648. The van der Waals surface area contributed by atoms with Crippen molar-refractivity contribution in [2.24, 2.45) is 0 Å². The Hall–Kier alpha value is -1.96. The summed E-state index contributed by atoms with van der Waals surface area (Å²) in [5.74, 6) is 0. The number of carbonyl (C=O) groups is 1. The molecule has 2 heterocycles. The zero-order valence-corrected chi connectivity index (χ0v) is 10.6. The smallest absolute Gasteiger partial charge is 0.298 e. The maximum Gasteiger partial charge on any atom is 0.344 e. The minimum Gasteiger partial charge on any atom is -0.298 e. The molecule has 0 saturated carbocycles. The van der Waals surface area contributed by atoms with Crippen LogP contribution < -0.4 is 5.69 Å². The summed E-state index contributed by atoms with van der Waals surface area (Å²) in [6.45, 7) is 3.77. The third-order valence-electron chi connectivity index (χ3n) is 2.16. The maximum absolute atomic E-state index is 11.5. The van der Waals surface area contributed by atoms with Crippen LogP contribution in [0.25, 0.3) is 0 Å². The summed E-state index contributed by atoms with van der Waals surface area (Å²) >= 11 is 1.17. The van der Waals surface area contributed by atoms with Gasteiger partial charge >= 0.3 is 5.69 Å². The highest BCUT2D eigenvalue weighted by molar-refractivity contribution is 7.99. The normalized spacial score (nSPS) is 10.8. The lowest BCUT2D eigenvalue weighted by atomic mass is 10.4. The quantitative estimate of drug-likeness (QED) is 0.652. The molecule has 94 valence electrons. The number of aldehydes is 1.